The predicted molar refractivity (Wildman–Crippen MR) is 79.3 cm³/mol. The van der Waals surface area contributed by atoms with Gasteiger partial charge in [0.05, 0.1) is 0 Å². The molecule has 19 heavy (non-hydrogen) atoms. The zero-order valence-corrected chi connectivity index (χ0v) is 12.5. The molecule has 1 aliphatic heterocycles. The lowest BCUT2D eigenvalue weighted by Crippen LogP contribution is -2.43. The van der Waals surface area contributed by atoms with Crippen LogP contribution in [0.2, 0.25) is 0 Å². The Morgan fingerprint density at radius 1 is 1.26 bits per heavy atom. The van der Waals surface area contributed by atoms with Crippen molar-refractivity contribution >= 4 is 11.9 Å². The number of amides is 1. The lowest BCUT2D eigenvalue weighted by atomic mass is 10.1. The molecule has 0 spiro atoms. The minimum absolute atomic E-state index is 0.140. The minimum Gasteiger partial charge on any atom is -0.357 e. The Morgan fingerprint density at radius 2 is 1.95 bits per heavy atom. The fraction of sp³-hybridized carbons (Fsp3) is 0.857. The highest BCUT2D eigenvalue weighted by Crippen LogP contribution is 2.08. The zero-order valence-electron chi connectivity index (χ0n) is 12.5. The van der Waals surface area contributed by atoms with Crippen molar-refractivity contribution in [1.29, 1.82) is 0 Å². The average Bonchev–Trinajstić information content (AvgIpc) is 2.45. The lowest BCUT2D eigenvalue weighted by Gasteiger charge is -2.26. The van der Waals surface area contributed by atoms with Crippen LogP contribution < -0.4 is 10.6 Å². The van der Waals surface area contributed by atoms with Gasteiger partial charge < -0.3 is 15.5 Å². The molecule has 0 bridgehead atoms. The molecule has 0 aromatic rings. The molecular formula is C14H28N4O. The van der Waals surface area contributed by atoms with E-state index in [-0.39, 0.29) is 12.5 Å². The van der Waals surface area contributed by atoms with Gasteiger partial charge in [-0.25, -0.2) is 4.99 Å². The predicted octanol–water partition coefficient (Wildman–Crippen LogP) is 1.35. The molecule has 0 saturated carbocycles. The molecule has 1 rings (SSSR count). The van der Waals surface area contributed by atoms with Crippen LogP contribution >= 0.6 is 0 Å². The van der Waals surface area contributed by atoms with E-state index in [1.165, 1.54) is 6.42 Å². The molecule has 110 valence electrons. The highest BCUT2D eigenvalue weighted by atomic mass is 16.2. The Hall–Kier alpha value is -1.26. The van der Waals surface area contributed by atoms with E-state index in [1.54, 1.807) is 0 Å². The van der Waals surface area contributed by atoms with Crippen LogP contribution in [0.15, 0.2) is 4.99 Å². The second-order valence-electron chi connectivity index (χ2n) is 5.09. The third-order valence-corrected chi connectivity index (χ3v) is 3.42. The molecule has 1 heterocycles. The Morgan fingerprint density at radius 3 is 2.53 bits per heavy atom. The van der Waals surface area contributed by atoms with Gasteiger partial charge in [-0.3, -0.25) is 4.79 Å². The second-order valence-corrected chi connectivity index (χ2v) is 5.09. The Kier molecular flexibility index (Phi) is 7.30. The first-order valence-electron chi connectivity index (χ1n) is 7.50. The van der Waals surface area contributed by atoms with Crippen LogP contribution in [0.5, 0.6) is 0 Å². The smallest absolute Gasteiger partial charge is 0.244 e. The summed E-state index contributed by atoms with van der Waals surface area (Å²) in [7, 11) is 0. The monoisotopic (exact) mass is 268 g/mol. The molecule has 2 N–H and O–H groups in total. The van der Waals surface area contributed by atoms with Gasteiger partial charge in [0.15, 0.2) is 5.96 Å². The molecule has 1 unspecified atom stereocenters. The van der Waals surface area contributed by atoms with Crippen molar-refractivity contribution in [3.05, 3.63) is 0 Å². The van der Waals surface area contributed by atoms with E-state index in [0.717, 1.165) is 44.9 Å². The van der Waals surface area contributed by atoms with Crippen LogP contribution in [-0.2, 0) is 4.79 Å². The molecule has 0 aliphatic carbocycles. The van der Waals surface area contributed by atoms with E-state index in [2.05, 4.69) is 29.5 Å². The first-order chi connectivity index (χ1) is 9.17. The summed E-state index contributed by atoms with van der Waals surface area (Å²) in [5.74, 6) is 0.878. The third kappa shape index (κ3) is 5.94. The molecule has 5 nitrogen and oxygen atoms in total. The quantitative estimate of drug-likeness (QED) is 0.584. The number of likely N-dealkylation sites (tertiary alicyclic amines) is 1. The van der Waals surface area contributed by atoms with Gasteiger partial charge in [0.1, 0.15) is 6.54 Å². The summed E-state index contributed by atoms with van der Waals surface area (Å²) in [5, 5.41) is 6.47. The van der Waals surface area contributed by atoms with Gasteiger partial charge in [-0.2, -0.15) is 0 Å². The summed E-state index contributed by atoms with van der Waals surface area (Å²) in [6.45, 7) is 9.10. The van der Waals surface area contributed by atoms with Crippen LogP contribution in [0, 0.1) is 0 Å². The Labute approximate surface area is 116 Å². The summed E-state index contributed by atoms with van der Waals surface area (Å²) in [5.41, 5.74) is 0. The van der Waals surface area contributed by atoms with Gasteiger partial charge in [0.2, 0.25) is 5.91 Å². The Balaban J connectivity index is 2.46. The van der Waals surface area contributed by atoms with Crippen LogP contribution in [0.1, 0.15) is 46.5 Å². The molecule has 5 heteroatoms. The van der Waals surface area contributed by atoms with Crippen molar-refractivity contribution in [3.63, 3.8) is 0 Å². The number of hydrogen-bond acceptors (Lipinski definition) is 2. The Bertz CT molecular complexity index is 298. The molecule has 0 radical (unpaired) electrons. The van der Waals surface area contributed by atoms with Gasteiger partial charge in [-0.15, -0.1) is 0 Å². The van der Waals surface area contributed by atoms with Crippen molar-refractivity contribution < 1.29 is 4.79 Å². The maximum atomic E-state index is 12.0. The van der Waals surface area contributed by atoms with Crippen LogP contribution in [0.25, 0.3) is 0 Å². The molecule has 1 aliphatic rings. The second kappa shape index (κ2) is 8.77. The van der Waals surface area contributed by atoms with Gasteiger partial charge >= 0.3 is 0 Å². The number of carbonyl (C=O) groups excluding carboxylic acids is 1. The molecule has 1 saturated heterocycles. The topological polar surface area (TPSA) is 56.7 Å². The first kappa shape index (κ1) is 15.8. The normalized spacial score (nSPS) is 18.1. The summed E-state index contributed by atoms with van der Waals surface area (Å²) in [6.07, 6.45) is 4.52. The number of piperidine rings is 1. The zero-order chi connectivity index (χ0) is 14.1. The molecule has 1 atom stereocenters. The number of guanidine groups is 1. The number of aliphatic imine (C=N–C) groups is 1. The highest BCUT2D eigenvalue weighted by Gasteiger charge is 2.16. The number of carbonyl (C=O) groups is 1. The highest BCUT2D eigenvalue weighted by molar-refractivity contribution is 5.85. The maximum absolute atomic E-state index is 12.0. The van der Waals surface area contributed by atoms with Crippen molar-refractivity contribution in [3.8, 4) is 0 Å². The van der Waals surface area contributed by atoms with Crippen LogP contribution in [0.4, 0.5) is 0 Å². The number of nitrogens with one attached hydrogen (secondary N) is 2. The van der Waals surface area contributed by atoms with Gasteiger partial charge in [-0.05, 0) is 39.5 Å². The summed E-state index contributed by atoms with van der Waals surface area (Å²) >= 11 is 0. The maximum Gasteiger partial charge on any atom is 0.244 e. The van der Waals surface area contributed by atoms with E-state index >= 15 is 0 Å². The minimum atomic E-state index is 0.140. The van der Waals surface area contributed by atoms with Crippen molar-refractivity contribution in [2.24, 2.45) is 4.99 Å². The van der Waals surface area contributed by atoms with E-state index in [9.17, 15) is 4.79 Å². The molecular weight excluding hydrogens is 240 g/mol. The van der Waals surface area contributed by atoms with Crippen LogP contribution in [-0.4, -0.2) is 49.0 Å². The fourth-order valence-electron chi connectivity index (χ4n) is 2.05. The standard InChI is InChI=1S/C14H28N4O/c1-4-12(3)17-14(15-5-2)16-11-13(19)18-9-7-6-8-10-18/h12H,4-11H2,1-3H3,(H2,15,16,17). The summed E-state index contributed by atoms with van der Waals surface area (Å²) in [4.78, 5) is 18.3. The van der Waals surface area contributed by atoms with Crippen LogP contribution in [0.3, 0.4) is 0 Å². The van der Waals surface area contributed by atoms with Crippen molar-refractivity contribution in [2.45, 2.75) is 52.5 Å². The molecule has 1 amide bonds. The lowest BCUT2D eigenvalue weighted by molar-refractivity contribution is -0.130. The van der Waals surface area contributed by atoms with E-state index < -0.39 is 0 Å². The van der Waals surface area contributed by atoms with Gasteiger partial charge in [0.25, 0.3) is 0 Å². The van der Waals surface area contributed by atoms with E-state index in [4.69, 9.17) is 0 Å². The first-order valence-corrected chi connectivity index (χ1v) is 7.50. The SMILES string of the molecule is CCNC(=NCC(=O)N1CCCCC1)NC(C)CC. The fourth-order valence-corrected chi connectivity index (χ4v) is 2.05. The van der Waals surface area contributed by atoms with Gasteiger partial charge in [0, 0.05) is 25.7 Å². The van der Waals surface area contributed by atoms with Crippen molar-refractivity contribution in [2.75, 3.05) is 26.2 Å². The van der Waals surface area contributed by atoms with Crippen molar-refractivity contribution in [1.82, 2.24) is 15.5 Å². The van der Waals surface area contributed by atoms with E-state index in [0.29, 0.717) is 6.04 Å². The third-order valence-electron chi connectivity index (χ3n) is 3.42. The summed E-state index contributed by atoms with van der Waals surface area (Å²) < 4.78 is 0. The molecule has 1 fully saturated rings. The average molecular weight is 268 g/mol. The largest absolute Gasteiger partial charge is 0.357 e. The number of hydrogen-bond donors (Lipinski definition) is 2. The number of nitrogens with zero attached hydrogens (tertiary/aromatic N) is 2. The molecule has 0 aromatic carbocycles. The summed E-state index contributed by atoms with van der Waals surface area (Å²) in [6, 6.07) is 0.364. The van der Waals surface area contributed by atoms with E-state index in [1.807, 2.05) is 11.8 Å². The number of rotatable bonds is 5. The van der Waals surface area contributed by atoms with Gasteiger partial charge in [-0.1, -0.05) is 6.92 Å². The molecule has 0 aromatic heterocycles.